The molecular formula is C30H45N5O5S. The molecule has 0 bridgehead atoms. The van der Waals surface area contributed by atoms with Gasteiger partial charge < -0.3 is 20.9 Å². The van der Waals surface area contributed by atoms with Crippen LogP contribution in [-0.4, -0.2) is 85.9 Å². The van der Waals surface area contributed by atoms with Crippen LogP contribution in [0.4, 0.5) is 0 Å². The Labute approximate surface area is 244 Å². The lowest BCUT2D eigenvalue weighted by Crippen LogP contribution is -2.58. The quantitative estimate of drug-likeness (QED) is 0.425. The van der Waals surface area contributed by atoms with Crippen LogP contribution in [0.15, 0.2) is 24.3 Å². The Morgan fingerprint density at radius 3 is 2.44 bits per heavy atom. The van der Waals surface area contributed by atoms with Crippen molar-refractivity contribution >= 4 is 27.7 Å². The van der Waals surface area contributed by atoms with Crippen molar-refractivity contribution in [2.75, 3.05) is 26.4 Å². The normalized spacial score (nSPS) is 28.4. The SMILES string of the molecule is CN[C@@H](C)C(=O)N[C@H](C(=O)N1CC[C@@H]2[C@H]1[C@@H](C(=O)N[C@H]1CCCc3ccccc31)CN2S(C)(=O)=O)C1CCCCC1. The summed E-state index contributed by atoms with van der Waals surface area (Å²) in [7, 11) is -1.88. The molecule has 2 aliphatic heterocycles. The number of hydrogen-bond acceptors (Lipinski definition) is 6. The number of nitrogens with one attached hydrogen (secondary N) is 3. The summed E-state index contributed by atoms with van der Waals surface area (Å²) >= 11 is 0. The van der Waals surface area contributed by atoms with Crippen LogP contribution in [0.25, 0.3) is 0 Å². The Kier molecular flexibility index (Phi) is 9.06. The topological polar surface area (TPSA) is 128 Å². The molecule has 0 unspecified atom stereocenters. The number of carbonyl (C=O) groups is 3. The third-order valence-electron chi connectivity index (χ3n) is 9.82. The van der Waals surface area contributed by atoms with Gasteiger partial charge in [-0.15, -0.1) is 0 Å². The number of nitrogens with zero attached hydrogens (tertiary/aromatic N) is 2. The molecule has 0 radical (unpaired) electrons. The van der Waals surface area contributed by atoms with E-state index in [4.69, 9.17) is 0 Å². The predicted octanol–water partition coefficient (Wildman–Crippen LogP) is 1.71. The molecule has 2 heterocycles. The van der Waals surface area contributed by atoms with Crippen molar-refractivity contribution in [1.82, 2.24) is 25.2 Å². The Balaban J connectivity index is 1.41. The third kappa shape index (κ3) is 6.17. The lowest BCUT2D eigenvalue weighted by Gasteiger charge is -2.36. The highest BCUT2D eigenvalue weighted by Crippen LogP contribution is 2.39. The van der Waals surface area contributed by atoms with Crippen molar-refractivity contribution in [2.24, 2.45) is 11.8 Å². The average Bonchev–Trinajstić information content (AvgIpc) is 3.56. The first-order chi connectivity index (χ1) is 19.6. The Bertz CT molecular complexity index is 1250. The van der Waals surface area contributed by atoms with Crippen molar-refractivity contribution in [3.8, 4) is 0 Å². The number of sulfonamides is 1. The van der Waals surface area contributed by atoms with E-state index in [1.54, 1.807) is 18.9 Å². The molecule has 3 fully saturated rings. The second-order valence-electron chi connectivity index (χ2n) is 12.4. The highest BCUT2D eigenvalue weighted by molar-refractivity contribution is 7.88. The summed E-state index contributed by atoms with van der Waals surface area (Å²) in [5, 5.41) is 9.21. The first-order valence-corrected chi connectivity index (χ1v) is 17.1. The van der Waals surface area contributed by atoms with Gasteiger partial charge in [-0.05, 0) is 69.5 Å². The van der Waals surface area contributed by atoms with E-state index in [0.29, 0.717) is 13.0 Å². The van der Waals surface area contributed by atoms with E-state index in [9.17, 15) is 22.8 Å². The van der Waals surface area contributed by atoms with Crippen molar-refractivity contribution in [1.29, 1.82) is 0 Å². The van der Waals surface area contributed by atoms with Crippen molar-refractivity contribution in [2.45, 2.75) is 94.9 Å². The van der Waals surface area contributed by atoms with Gasteiger partial charge in [0, 0.05) is 19.1 Å². The van der Waals surface area contributed by atoms with Gasteiger partial charge in [-0.3, -0.25) is 14.4 Å². The van der Waals surface area contributed by atoms with E-state index in [-0.39, 0.29) is 36.2 Å². The van der Waals surface area contributed by atoms with Gasteiger partial charge in [-0.1, -0.05) is 43.5 Å². The molecule has 3 amide bonds. The van der Waals surface area contributed by atoms with Crippen LogP contribution >= 0.6 is 0 Å². The number of likely N-dealkylation sites (tertiary alicyclic amines) is 1. The minimum atomic E-state index is -3.59. The van der Waals surface area contributed by atoms with Gasteiger partial charge in [0.05, 0.1) is 30.3 Å². The summed E-state index contributed by atoms with van der Waals surface area (Å²) < 4.78 is 27.1. The Hall–Kier alpha value is -2.50. The van der Waals surface area contributed by atoms with Crippen LogP contribution in [0.3, 0.4) is 0 Å². The molecule has 11 heteroatoms. The zero-order valence-corrected chi connectivity index (χ0v) is 25.3. The van der Waals surface area contributed by atoms with E-state index in [0.717, 1.165) is 56.9 Å². The minimum absolute atomic E-state index is 0.0155. The molecule has 1 saturated carbocycles. The lowest BCUT2D eigenvalue weighted by molar-refractivity contribution is -0.141. The van der Waals surface area contributed by atoms with Crippen molar-refractivity contribution in [3.05, 3.63) is 35.4 Å². The Morgan fingerprint density at radius 2 is 1.73 bits per heavy atom. The summed E-state index contributed by atoms with van der Waals surface area (Å²) in [6, 6.07) is 5.82. The molecule has 4 aliphatic rings. The van der Waals surface area contributed by atoms with E-state index < -0.39 is 40.1 Å². The van der Waals surface area contributed by atoms with Gasteiger partial charge in [0.1, 0.15) is 6.04 Å². The highest BCUT2D eigenvalue weighted by Gasteiger charge is 2.56. The van der Waals surface area contributed by atoms with Gasteiger partial charge in [-0.2, -0.15) is 4.31 Å². The van der Waals surface area contributed by atoms with Crippen LogP contribution in [0.5, 0.6) is 0 Å². The molecule has 1 aromatic carbocycles. The summed E-state index contributed by atoms with van der Waals surface area (Å²) in [4.78, 5) is 42.9. The fourth-order valence-corrected chi connectivity index (χ4v) is 8.69. The van der Waals surface area contributed by atoms with Gasteiger partial charge >= 0.3 is 0 Å². The van der Waals surface area contributed by atoms with Gasteiger partial charge in [0.2, 0.25) is 27.7 Å². The van der Waals surface area contributed by atoms with Crippen LogP contribution < -0.4 is 16.0 Å². The summed E-state index contributed by atoms with van der Waals surface area (Å²) in [6.45, 7) is 2.17. The molecule has 1 aromatic rings. The molecule has 41 heavy (non-hydrogen) atoms. The fourth-order valence-electron chi connectivity index (χ4n) is 7.53. The maximum absolute atomic E-state index is 14.3. The number of carbonyl (C=O) groups excluding carboxylic acids is 3. The van der Waals surface area contributed by atoms with E-state index in [1.807, 2.05) is 12.1 Å². The second kappa shape index (κ2) is 12.4. The monoisotopic (exact) mass is 587 g/mol. The van der Waals surface area contributed by atoms with E-state index in [2.05, 4.69) is 28.1 Å². The standard InChI is InChI=1S/C30H45N5O5S/c1-19(31-2)28(36)33-26(21-11-5-4-6-12-21)30(38)34-17-16-25-27(34)23(18-35(25)41(3,39)40)29(37)32-24-15-9-13-20-10-7-8-14-22(20)24/h7-8,10,14,19,21,23-27,31H,4-6,9,11-13,15-18H2,1-3H3,(H,32,37)(H,33,36)/t19-,23-,24-,25+,26-,27+/m0/s1. The zero-order valence-electron chi connectivity index (χ0n) is 24.5. The van der Waals surface area contributed by atoms with Crippen LogP contribution in [0.2, 0.25) is 0 Å². The summed E-state index contributed by atoms with van der Waals surface area (Å²) in [5.41, 5.74) is 2.34. The molecular weight excluding hydrogens is 542 g/mol. The molecule has 5 rings (SSSR count). The summed E-state index contributed by atoms with van der Waals surface area (Å²) in [5.74, 6) is -1.32. The highest BCUT2D eigenvalue weighted by atomic mass is 32.2. The molecule has 2 aliphatic carbocycles. The summed E-state index contributed by atoms with van der Waals surface area (Å²) in [6.07, 6.45) is 9.24. The molecule has 0 aromatic heterocycles. The van der Waals surface area contributed by atoms with Gasteiger partial charge in [0.15, 0.2) is 0 Å². The van der Waals surface area contributed by atoms with Crippen LogP contribution in [0, 0.1) is 11.8 Å². The molecule has 0 spiro atoms. The Morgan fingerprint density at radius 1 is 1.00 bits per heavy atom. The number of likely N-dealkylation sites (N-methyl/N-ethyl adjacent to an activating group) is 1. The lowest BCUT2D eigenvalue weighted by atomic mass is 9.83. The predicted molar refractivity (Wildman–Crippen MR) is 156 cm³/mol. The second-order valence-corrected chi connectivity index (χ2v) is 14.3. The average molecular weight is 588 g/mol. The third-order valence-corrected chi connectivity index (χ3v) is 11.1. The first-order valence-electron chi connectivity index (χ1n) is 15.2. The number of hydrogen-bond donors (Lipinski definition) is 3. The van der Waals surface area contributed by atoms with E-state index in [1.165, 1.54) is 16.1 Å². The number of benzene rings is 1. The molecule has 6 atom stereocenters. The molecule has 3 N–H and O–H groups in total. The molecule has 2 saturated heterocycles. The number of amides is 3. The maximum Gasteiger partial charge on any atom is 0.245 e. The van der Waals surface area contributed by atoms with E-state index >= 15 is 0 Å². The van der Waals surface area contributed by atoms with Crippen LogP contribution in [0.1, 0.15) is 75.5 Å². The smallest absolute Gasteiger partial charge is 0.245 e. The van der Waals surface area contributed by atoms with Crippen LogP contribution in [-0.2, 0) is 30.8 Å². The van der Waals surface area contributed by atoms with Crippen molar-refractivity contribution in [3.63, 3.8) is 0 Å². The van der Waals surface area contributed by atoms with Gasteiger partial charge in [-0.25, -0.2) is 8.42 Å². The molecule has 226 valence electrons. The van der Waals surface area contributed by atoms with Gasteiger partial charge in [0.25, 0.3) is 0 Å². The fraction of sp³-hybridized carbons (Fsp3) is 0.700. The number of fused-ring (bicyclic) bond motifs is 2. The zero-order chi connectivity index (χ0) is 29.3. The first kappa shape index (κ1) is 30.0. The van der Waals surface area contributed by atoms with Crippen molar-refractivity contribution < 1.29 is 22.8 Å². The largest absolute Gasteiger partial charge is 0.349 e. The maximum atomic E-state index is 14.3. The number of aryl methyl sites for hydroxylation is 1. The molecule has 10 nitrogen and oxygen atoms in total. The number of rotatable bonds is 8. The minimum Gasteiger partial charge on any atom is -0.349 e.